The number of hydrogen-bond acceptors (Lipinski definition) is 3. The third kappa shape index (κ3) is 3.65. The van der Waals surface area contributed by atoms with Gasteiger partial charge in [0.05, 0.1) is 11.3 Å². The summed E-state index contributed by atoms with van der Waals surface area (Å²) < 4.78 is 92.1. The Labute approximate surface area is 149 Å². The molecular weight excluding hydrogens is 379 g/mol. The molecule has 27 heavy (non-hydrogen) atoms. The van der Waals surface area contributed by atoms with Crippen LogP contribution in [-0.4, -0.2) is 15.7 Å². The van der Waals surface area contributed by atoms with E-state index in [1.54, 1.807) is 0 Å². The van der Waals surface area contributed by atoms with Crippen molar-refractivity contribution in [3.05, 3.63) is 52.2 Å². The number of rotatable bonds is 1. The van der Waals surface area contributed by atoms with Gasteiger partial charge < -0.3 is 0 Å². The minimum Gasteiger partial charge on any atom is -0.233 e. The van der Waals surface area contributed by atoms with E-state index in [0.717, 1.165) is 6.07 Å². The zero-order chi connectivity index (χ0) is 20.1. The summed E-state index contributed by atoms with van der Waals surface area (Å²) in [5.74, 6) is -2.30. The molecule has 2 aromatic rings. The van der Waals surface area contributed by atoms with Crippen LogP contribution < -0.4 is 0 Å². The number of alkyl halides is 6. The Morgan fingerprint density at radius 2 is 1.67 bits per heavy atom. The van der Waals surface area contributed by atoms with Crippen LogP contribution >= 0.6 is 0 Å². The smallest absolute Gasteiger partial charge is 0.233 e. The summed E-state index contributed by atoms with van der Waals surface area (Å²) in [6, 6.07) is 1.96. The molecule has 0 saturated heterocycles. The van der Waals surface area contributed by atoms with Crippen LogP contribution in [-0.2, 0) is 12.4 Å². The molecule has 0 aliphatic carbocycles. The van der Waals surface area contributed by atoms with Crippen LogP contribution in [0.3, 0.4) is 0 Å². The van der Waals surface area contributed by atoms with Gasteiger partial charge in [0, 0.05) is 11.1 Å². The number of hydrogen-bond donors (Lipinski definition) is 0. The van der Waals surface area contributed by atoms with Crippen LogP contribution in [0.4, 0.5) is 36.6 Å². The summed E-state index contributed by atoms with van der Waals surface area (Å²) in [5.41, 5.74) is -2.64. The van der Waals surface area contributed by atoms with Crippen LogP contribution in [0.25, 0.3) is 0 Å². The highest BCUT2D eigenvalue weighted by Gasteiger charge is 2.40. The molecule has 0 amide bonds. The van der Waals surface area contributed by atoms with Crippen molar-refractivity contribution in [2.75, 3.05) is 0 Å². The molecule has 1 atom stereocenters. The molecule has 3 rings (SSSR count). The number of nitrogens with zero attached hydrogens (tertiary/aromatic N) is 3. The largest absolute Gasteiger partial charge is 0.433 e. The lowest BCUT2D eigenvalue weighted by Crippen LogP contribution is -2.21. The van der Waals surface area contributed by atoms with Crippen molar-refractivity contribution < 1.29 is 30.7 Å². The number of aliphatic imine (C=N–C) groups is 1. The quantitative estimate of drug-likeness (QED) is 0.595. The average molecular weight is 391 g/mol. The second-order valence-corrected chi connectivity index (χ2v) is 6.21. The summed E-state index contributed by atoms with van der Waals surface area (Å²) in [6.07, 6.45) is -9.51. The molecule has 144 valence electrons. The summed E-state index contributed by atoms with van der Waals surface area (Å²) in [6.45, 7) is 2.74. The zero-order valence-electron chi connectivity index (χ0n) is 14.0. The maximum Gasteiger partial charge on any atom is 0.433 e. The Hall–Kier alpha value is -2.52. The Morgan fingerprint density at radius 1 is 1.00 bits per heavy atom. The Kier molecular flexibility index (Phi) is 4.47. The van der Waals surface area contributed by atoms with E-state index in [4.69, 9.17) is 0 Å². The first-order valence-electron chi connectivity index (χ1n) is 7.78. The highest BCUT2D eigenvalue weighted by atomic mass is 19.4. The molecule has 0 N–H and O–H groups in total. The molecule has 0 fully saturated rings. The Balaban J connectivity index is 2.13. The molecule has 0 bridgehead atoms. The molecule has 1 unspecified atom stereocenters. The molecule has 0 saturated carbocycles. The fourth-order valence-corrected chi connectivity index (χ4v) is 2.98. The minimum absolute atomic E-state index is 0.0347. The third-order valence-corrected chi connectivity index (χ3v) is 4.15. The molecule has 1 aromatic heterocycles. The molecule has 2 heterocycles. The van der Waals surface area contributed by atoms with Gasteiger partial charge in [-0.15, -0.1) is 0 Å². The third-order valence-electron chi connectivity index (χ3n) is 4.15. The van der Waals surface area contributed by atoms with Crippen molar-refractivity contribution in [1.29, 1.82) is 0 Å². The van der Waals surface area contributed by atoms with Gasteiger partial charge in [0.15, 0.2) is 11.5 Å². The standard InChI is InChI=1S/C17H12F7N3/c1-7-5-12(10-4-3-9(6-11(10)18)16(19,20)21)27-15-13(7)14(17(22,23)24)25-8(2)26-15/h3-4,6-7H,5H2,1-2H3. The number of halogens is 7. The van der Waals surface area contributed by atoms with E-state index in [9.17, 15) is 30.7 Å². The Morgan fingerprint density at radius 3 is 2.22 bits per heavy atom. The van der Waals surface area contributed by atoms with E-state index in [-0.39, 0.29) is 34.9 Å². The number of aryl methyl sites for hydroxylation is 1. The van der Waals surface area contributed by atoms with E-state index in [1.807, 2.05) is 0 Å². The molecule has 1 aliphatic heterocycles. The van der Waals surface area contributed by atoms with Crippen molar-refractivity contribution in [2.24, 2.45) is 4.99 Å². The average Bonchev–Trinajstić information content (AvgIpc) is 2.51. The van der Waals surface area contributed by atoms with Crippen LogP contribution in [0.1, 0.15) is 47.5 Å². The van der Waals surface area contributed by atoms with Crippen LogP contribution in [0.15, 0.2) is 23.2 Å². The SMILES string of the molecule is Cc1nc2c(c(C(F)(F)F)n1)C(C)CC(c1ccc(C(F)(F)F)cc1F)=N2. The normalized spacial score (nSPS) is 17.5. The second-order valence-electron chi connectivity index (χ2n) is 6.21. The molecule has 0 spiro atoms. The maximum absolute atomic E-state index is 14.2. The van der Waals surface area contributed by atoms with Crippen molar-refractivity contribution in [3.8, 4) is 0 Å². The van der Waals surface area contributed by atoms with E-state index in [0.29, 0.717) is 12.1 Å². The lowest BCUT2D eigenvalue weighted by molar-refractivity contribution is -0.142. The fraction of sp³-hybridized carbons (Fsp3) is 0.353. The number of fused-ring (bicyclic) bond motifs is 1. The molecule has 0 radical (unpaired) electrons. The molecule has 10 heteroatoms. The van der Waals surface area contributed by atoms with E-state index >= 15 is 0 Å². The monoisotopic (exact) mass is 391 g/mol. The van der Waals surface area contributed by atoms with Crippen molar-refractivity contribution >= 4 is 11.5 Å². The van der Waals surface area contributed by atoms with Gasteiger partial charge in [0.2, 0.25) is 0 Å². The van der Waals surface area contributed by atoms with Crippen LogP contribution in [0.5, 0.6) is 0 Å². The summed E-state index contributed by atoms with van der Waals surface area (Å²) in [5, 5.41) is 0. The van der Waals surface area contributed by atoms with Crippen LogP contribution in [0, 0.1) is 12.7 Å². The molecular formula is C17H12F7N3. The predicted molar refractivity (Wildman–Crippen MR) is 82.4 cm³/mol. The number of aromatic nitrogens is 2. The van der Waals surface area contributed by atoms with Gasteiger partial charge in [-0.1, -0.05) is 6.92 Å². The summed E-state index contributed by atoms with van der Waals surface area (Å²) >= 11 is 0. The van der Waals surface area contributed by atoms with E-state index < -0.39 is 35.3 Å². The van der Waals surface area contributed by atoms with Gasteiger partial charge in [0.1, 0.15) is 11.6 Å². The van der Waals surface area contributed by atoms with E-state index in [2.05, 4.69) is 15.0 Å². The first-order valence-corrected chi connectivity index (χ1v) is 7.78. The fourth-order valence-electron chi connectivity index (χ4n) is 2.98. The Bertz CT molecular complexity index is 929. The lowest BCUT2D eigenvalue weighted by Gasteiger charge is -2.24. The zero-order valence-corrected chi connectivity index (χ0v) is 14.0. The lowest BCUT2D eigenvalue weighted by atomic mass is 9.88. The van der Waals surface area contributed by atoms with Gasteiger partial charge in [0.25, 0.3) is 0 Å². The van der Waals surface area contributed by atoms with Gasteiger partial charge in [-0.2, -0.15) is 26.3 Å². The summed E-state index contributed by atoms with van der Waals surface area (Å²) in [7, 11) is 0. The predicted octanol–water partition coefficient (Wildman–Crippen LogP) is 5.59. The van der Waals surface area contributed by atoms with Gasteiger partial charge >= 0.3 is 12.4 Å². The topological polar surface area (TPSA) is 38.1 Å². The highest BCUT2D eigenvalue weighted by molar-refractivity contribution is 6.03. The van der Waals surface area contributed by atoms with Gasteiger partial charge in [-0.3, -0.25) is 0 Å². The first-order chi connectivity index (χ1) is 12.4. The van der Waals surface area contributed by atoms with Crippen molar-refractivity contribution in [2.45, 2.75) is 38.5 Å². The summed E-state index contributed by atoms with van der Waals surface area (Å²) in [4.78, 5) is 11.4. The first kappa shape index (κ1) is 19.2. The minimum atomic E-state index is -4.71. The van der Waals surface area contributed by atoms with Crippen molar-refractivity contribution in [1.82, 2.24) is 9.97 Å². The maximum atomic E-state index is 14.2. The van der Waals surface area contributed by atoms with Gasteiger partial charge in [-0.05, 0) is 37.5 Å². The van der Waals surface area contributed by atoms with E-state index in [1.165, 1.54) is 13.8 Å². The number of benzene rings is 1. The molecule has 1 aliphatic rings. The second kappa shape index (κ2) is 6.28. The van der Waals surface area contributed by atoms with Crippen molar-refractivity contribution in [3.63, 3.8) is 0 Å². The highest BCUT2D eigenvalue weighted by Crippen LogP contribution is 2.42. The van der Waals surface area contributed by atoms with Crippen LogP contribution in [0.2, 0.25) is 0 Å². The molecule has 1 aromatic carbocycles. The molecule has 3 nitrogen and oxygen atoms in total. The van der Waals surface area contributed by atoms with Gasteiger partial charge in [-0.25, -0.2) is 19.4 Å².